The van der Waals surface area contributed by atoms with Crippen molar-refractivity contribution < 1.29 is 23.9 Å². The first-order valence-corrected chi connectivity index (χ1v) is 8.57. The molecule has 0 unspecified atom stereocenters. The number of amides is 3. The van der Waals surface area contributed by atoms with Gasteiger partial charge < -0.3 is 14.4 Å². The zero-order chi connectivity index (χ0) is 16.2. The first kappa shape index (κ1) is 14.9. The van der Waals surface area contributed by atoms with Crippen LogP contribution in [0.15, 0.2) is 0 Å². The molecule has 0 N–H and O–H groups in total. The molecule has 0 aromatic heterocycles. The molecular weight excluding hydrogens is 300 g/mol. The molecule has 4 atom stereocenters. The Morgan fingerprint density at radius 1 is 1.30 bits per heavy atom. The Morgan fingerprint density at radius 3 is 2.83 bits per heavy atom. The third-order valence-electron chi connectivity index (χ3n) is 5.68. The van der Waals surface area contributed by atoms with E-state index in [2.05, 4.69) is 0 Å². The van der Waals surface area contributed by atoms with E-state index in [4.69, 9.17) is 9.47 Å². The number of rotatable bonds is 3. The Kier molecular flexibility index (Phi) is 3.37. The van der Waals surface area contributed by atoms with Crippen LogP contribution in [-0.4, -0.2) is 59.2 Å². The van der Waals surface area contributed by atoms with E-state index < -0.39 is 23.8 Å². The number of ether oxygens (including phenoxy) is 2. The summed E-state index contributed by atoms with van der Waals surface area (Å²) >= 11 is 0. The van der Waals surface area contributed by atoms with Crippen LogP contribution < -0.4 is 0 Å². The van der Waals surface area contributed by atoms with E-state index in [1.807, 2.05) is 6.92 Å². The van der Waals surface area contributed by atoms with Gasteiger partial charge in [-0.15, -0.1) is 0 Å². The van der Waals surface area contributed by atoms with Crippen molar-refractivity contribution in [3.05, 3.63) is 0 Å². The van der Waals surface area contributed by atoms with E-state index in [1.165, 1.54) is 4.90 Å². The fourth-order valence-electron chi connectivity index (χ4n) is 4.78. The summed E-state index contributed by atoms with van der Waals surface area (Å²) in [5.41, 5.74) is -0.834. The van der Waals surface area contributed by atoms with Crippen LogP contribution in [0.3, 0.4) is 0 Å². The van der Waals surface area contributed by atoms with Gasteiger partial charge in [-0.25, -0.2) is 9.69 Å². The quantitative estimate of drug-likeness (QED) is 0.778. The minimum absolute atomic E-state index is 0.0243. The molecule has 0 aromatic carbocycles. The van der Waals surface area contributed by atoms with Gasteiger partial charge in [-0.1, -0.05) is 13.3 Å². The Labute approximate surface area is 134 Å². The minimum Gasteiger partial charge on any atom is -0.447 e. The summed E-state index contributed by atoms with van der Waals surface area (Å²) in [6, 6.07) is 0. The van der Waals surface area contributed by atoms with Crippen molar-refractivity contribution in [3.8, 4) is 0 Å². The van der Waals surface area contributed by atoms with Gasteiger partial charge in [0.15, 0.2) is 5.72 Å². The molecule has 4 aliphatic heterocycles. The number of carbonyl (C=O) groups excluding carboxylic acids is 3. The summed E-state index contributed by atoms with van der Waals surface area (Å²) in [6.45, 7) is 3.22. The van der Waals surface area contributed by atoms with Crippen molar-refractivity contribution in [1.82, 2.24) is 9.80 Å². The Bertz CT molecular complexity index is 565. The van der Waals surface area contributed by atoms with Gasteiger partial charge in [-0.2, -0.15) is 0 Å². The zero-order valence-corrected chi connectivity index (χ0v) is 13.3. The Morgan fingerprint density at radius 2 is 2.13 bits per heavy atom. The molecule has 4 rings (SSSR count). The Balaban J connectivity index is 1.71. The van der Waals surface area contributed by atoms with E-state index in [0.29, 0.717) is 19.5 Å². The first-order chi connectivity index (χ1) is 11.1. The summed E-state index contributed by atoms with van der Waals surface area (Å²) in [7, 11) is 0. The molecule has 126 valence electrons. The van der Waals surface area contributed by atoms with Gasteiger partial charge in [0.2, 0.25) is 5.91 Å². The van der Waals surface area contributed by atoms with E-state index >= 15 is 0 Å². The van der Waals surface area contributed by atoms with Gasteiger partial charge in [0.1, 0.15) is 12.7 Å². The number of imide groups is 1. The lowest BCUT2D eigenvalue weighted by Crippen LogP contribution is -2.62. The number of hydrogen-bond donors (Lipinski definition) is 0. The maximum absolute atomic E-state index is 13.1. The van der Waals surface area contributed by atoms with Crippen molar-refractivity contribution in [2.24, 2.45) is 11.8 Å². The average Bonchev–Trinajstić information content (AvgIpc) is 3.18. The fraction of sp³-hybridized carbons (Fsp3) is 0.812. The highest BCUT2D eigenvalue weighted by Gasteiger charge is 2.70. The highest BCUT2D eigenvalue weighted by atomic mass is 16.6. The summed E-state index contributed by atoms with van der Waals surface area (Å²) < 4.78 is 11.1. The average molecular weight is 322 g/mol. The molecule has 0 aliphatic carbocycles. The molecule has 7 nitrogen and oxygen atoms in total. The van der Waals surface area contributed by atoms with Crippen LogP contribution in [0.25, 0.3) is 0 Å². The molecular formula is C16H22N2O5. The highest BCUT2D eigenvalue weighted by Crippen LogP contribution is 2.55. The van der Waals surface area contributed by atoms with Gasteiger partial charge in [-0.3, -0.25) is 9.59 Å². The van der Waals surface area contributed by atoms with E-state index in [0.717, 1.165) is 25.7 Å². The second-order valence-corrected chi connectivity index (χ2v) is 6.86. The highest BCUT2D eigenvalue weighted by molar-refractivity contribution is 5.97. The lowest BCUT2D eigenvalue weighted by molar-refractivity contribution is -0.163. The largest absolute Gasteiger partial charge is 0.447 e. The minimum atomic E-state index is -0.834. The molecule has 4 saturated heterocycles. The van der Waals surface area contributed by atoms with Crippen molar-refractivity contribution in [2.75, 3.05) is 19.7 Å². The molecule has 0 radical (unpaired) electrons. The van der Waals surface area contributed by atoms with Crippen LogP contribution in [-0.2, 0) is 19.1 Å². The van der Waals surface area contributed by atoms with E-state index in [1.54, 1.807) is 4.90 Å². The third kappa shape index (κ3) is 1.89. The summed E-state index contributed by atoms with van der Waals surface area (Å²) in [5.74, 6) is -0.789. The normalized spacial score (nSPS) is 38.9. The topological polar surface area (TPSA) is 76.2 Å². The van der Waals surface area contributed by atoms with Crippen molar-refractivity contribution >= 4 is 17.9 Å². The number of cyclic esters (lactones) is 1. The molecule has 7 heteroatoms. The number of hydrogen-bond acceptors (Lipinski definition) is 5. The second kappa shape index (κ2) is 5.19. The van der Waals surface area contributed by atoms with Crippen LogP contribution in [0.2, 0.25) is 0 Å². The molecule has 4 fully saturated rings. The zero-order valence-electron chi connectivity index (χ0n) is 13.3. The van der Waals surface area contributed by atoms with Gasteiger partial charge in [0, 0.05) is 12.5 Å². The van der Waals surface area contributed by atoms with Crippen molar-refractivity contribution in [2.45, 2.75) is 50.9 Å². The summed E-state index contributed by atoms with van der Waals surface area (Å²) in [6.07, 6.45) is 3.08. The Hall–Kier alpha value is -1.63. The molecule has 1 spiro atoms. The first-order valence-electron chi connectivity index (χ1n) is 8.57. The van der Waals surface area contributed by atoms with E-state index in [9.17, 15) is 14.4 Å². The van der Waals surface area contributed by atoms with Gasteiger partial charge >= 0.3 is 6.09 Å². The molecule has 4 heterocycles. The lowest BCUT2D eigenvalue weighted by atomic mass is 9.73. The lowest BCUT2D eigenvalue weighted by Gasteiger charge is -2.46. The SMILES string of the molecule is CCC[C@@H]1[C@@H](C(=O)N2CCOC2=O)[C@@]23CCCCN2C(=O)[C@@H]1O3. The van der Waals surface area contributed by atoms with Crippen LogP contribution in [0, 0.1) is 11.8 Å². The molecule has 2 bridgehead atoms. The number of carbonyl (C=O) groups is 3. The monoisotopic (exact) mass is 322 g/mol. The maximum Gasteiger partial charge on any atom is 0.416 e. The van der Waals surface area contributed by atoms with Crippen LogP contribution in [0.4, 0.5) is 4.79 Å². The van der Waals surface area contributed by atoms with Crippen molar-refractivity contribution in [3.63, 3.8) is 0 Å². The molecule has 0 aromatic rings. The maximum atomic E-state index is 13.1. The number of nitrogens with zero attached hydrogens (tertiary/aromatic N) is 2. The van der Waals surface area contributed by atoms with Gasteiger partial charge in [0.05, 0.1) is 12.5 Å². The van der Waals surface area contributed by atoms with E-state index in [-0.39, 0.29) is 24.3 Å². The molecule has 23 heavy (non-hydrogen) atoms. The third-order valence-corrected chi connectivity index (χ3v) is 5.68. The van der Waals surface area contributed by atoms with Crippen molar-refractivity contribution in [1.29, 1.82) is 0 Å². The number of piperidine rings is 2. The summed E-state index contributed by atoms with van der Waals surface area (Å²) in [5, 5.41) is 0. The fourth-order valence-corrected chi connectivity index (χ4v) is 4.78. The molecule has 3 amide bonds. The molecule has 0 saturated carbocycles. The van der Waals surface area contributed by atoms with Crippen LogP contribution in [0.1, 0.15) is 39.0 Å². The smallest absolute Gasteiger partial charge is 0.416 e. The predicted octanol–water partition coefficient (Wildman–Crippen LogP) is 1.12. The second-order valence-electron chi connectivity index (χ2n) is 6.86. The summed E-state index contributed by atoms with van der Waals surface area (Å²) in [4.78, 5) is 40.5. The standard InChI is InChI=1S/C16H22N2O5/c1-2-5-10-11(13(19)17-8-9-22-15(17)21)16-6-3-4-7-18(16)14(20)12(10)23-16/h10-12H,2-9H2,1H3/t10-,11+,12-,16+/m1/s1. The van der Waals surface area contributed by atoms with Crippen LogP contribution >= 0.6 is 0 Å². The van der Waals surface area contributed by atoms with Gasteiger partial charge in [-0.05, 0) is 25.7 Å². The predicted molar refractivity (Wildman–Crippen MR) is 78.1 cm³/mol. The van der Waals surface area contributed by atoms with Crippen LogP contribution in [0.5, 0.6) is 0 Å². The number of fused-ring (bicyclic) bond motifs is 1. The van der Waals surface area contributed by atoms with Gasteiger partial charge in [0.25, 0.3) is 5.91 Å². The molecule has 4 aliphatic rings.